The number of aryl methyl sites for hydroxylation is 1. The van der Waals surface area contributed by atoms with E-state index in [1.54, 1.807) is 0 Å². The maximum atomic E-state index is 11.4. The number of aromatic nitrogens is 1. The molecule has 1 aliphatic rings. The zero-order valence-electron chi connectivity index (χ0n) is 11.5. The third kappa shape index (κ3) is 2.11. The molecule has 1 heterocycles. The van der Waals surface area contributed by atoms with E-state index in [-0.39, 0.29) is 0 Å². The fourth-order valence-electron chi connectivity index (χ4n) is 2.79. The number of hydrogen-bond donors (Lipinski definition) is 2. The van der Waals surface area contributed by atoms with Gasteiger partial charge in [-0.05, 0) is 31.9 Å². The molecule has 0 bridgehead atoms. The lowest BCUT2D eigenvalue weighted by Crippen LogP contribution is -2.43. The molecule has 4 nitrogen and oxygen atoms in total. The quantitative estimate of drug-likeness (QED) is 0.895. The van der Waals surface area contributed by atoms with E-state index in [4.69, 9.17) is 0 Å². The van der Waals surface area contributed by atoms with Crippen LogP contribution in [0.1, 0.15) is 25.0 Å². The number of carboxylic acids is 1. The molecular weight excluding hydrogens is 252 g/mol. The first kappa shape index (κ1) is 12.9. The molecule has 2 N–H and O–H groups in total. The van der Waals surface area contributed by atoms with Crippen LogP contribution in [0.15, 0.2) is 30.3 Å². The van der Waals surface area contributed by atoms with Crippen LogP contribution in [0.3, 0.4) is 0 Å². The van der Waals surface area contributed by atoms with Crippen molar-refractivity contribution in [2.75, 3.05) is 11.9 Å². The Morgan fingerprint density at radius 2 is 2.15 bits per heavy atom. The highest BCUT2D eigenvalue weighted by Crippen LogP contribution is 2.41. The summed E-state index contributed by atoms with van der Waals surface area (Å²) < 4.78 is 0. The Hall–Kier alpha value is -2.10. The largest absolute Gasteiger partial charge is 0.481 e. The second-order valence-electron chi connectivity index (χ2n) is 5.62. The Morgan fingerprint density at radius 1 is 1.40 bits per heavy atom. The average Bonchev–Trinajstić information content (AvgIpc) is 2.36. The lowest BCUT2D eigenvalue weighted by atomic mass is 9.69. The molecule has 104 valence electrons. The Morgan fingerprint density at radius 3 is 2.80 bits per heavy atom. The minimum atomic E-state index is -0.689. The van der Waals surface area contributed by atoms with Gasteiger partial charge in [-0.1, -0.05) is 24.6 Å². The van der Waals surface area contributed by atoms with Gasteiger partial charge >= 0.3 is 5.97 Å². The van der Waals surface area contributed by atoms with Crippen molar-refractivity contribution in [1.29, 1.82) is 0 Å². The first-order valence-electron chi connectivity index (χ1n) is 6.94. The Bertz CT molecular complexity index is 663. The predicted molar refractivity (Wildman–Crippen MR) is 78.9 cm³/mol. The van der Waals surface area contributed by atoms with Gasteiger partial charge in [-0.3, -0.25) is 9.78 Å². The standard InChI is InChI=1S/C16H18N2O2/c1-11-9-14(12-5-2-3-6-13(12)18-11)17-10-16(15(19)20)7-4-8-16/h2-3,5-6,9H,4,7-8,10H2,1H3,(H,17,18)(H,19,20). The molecule has 3 rings (SSSR count). The number of para-hydroxylation sites is 1. The number of nitrogens with zero attached hydrogens (tertiary/aromatic N) is 1. The van der Waals surface area contributed by atoms with Gasteiger partial charge in [0, 0.05) is 23.3 Å². The summed E-state index contributed by atoms with van der Waals surface area (Å²) in [6.45, 7) is 2.43. The van der Waals surface area contributed by atoms with Crippen molar-refractivity contribution < 1.29 is 9.90 Å². The van der Waals surface area contributed by atoms with Crippen molar-refractivity contribution >= 4 is 22.6 Å². The Kier molecular flexibility index (Phi) is 3.08. The van der Waals surface area contributed by atoms with Crippen molar-refractivity contribution in [2.24, 2.45) is 5.41 Å². The molecular formula is C16H18N2O2. The molecule has 1 aromatic carbocycles. The molecule has 0 saturated heterocycles. The molecule has 0 atom stereocenters. The van der Waals surface area contributed by atoms with Crippen LogP contribution in [-0.2, 0) is 4.79 Å². The number of fused-ring (bicyclic) bond motifs is 1. The molecule has 20 heavy (non-hydrogen) atoms. The summed E-state index contributed by atoms with van der Waals surface area (Å²) in [4.78, 5) is 15.9. The summed E-state index contributed by atoms with van der Waals surface area (Å²) in [5.41, 5.74) is 2.26. The SMILES string of the molecule is Cc1cc(NCC2(C(=O)O)CCC2)c2ccccc2n1. The molecule has 1 aromatic heterocycles. The number of pyridine rings is 1. The summed E-state index contributed by atoms with van der Waals surface area (Å²) >= 11 is 0. The number of carbonyl (C=O) groups is 1. The number of carboxylic acid groups (broad SMARTS) is 1. The summed E-state index contributed by atoms with van der Waals surface area (Å²) in [6, 6.07) is 9.91. The lowest BCUT2D eigenvalue weighted by molar-refractivity contribution is -0.153. The molecule has 1 fully saturated rings. The highest BCUT2D eigenvalue weighted by molar-refractivity contribution is 5.91. The topological polar surface area (TPSA) is 62.2 Å². The van der Waals surface area contributed by atoms with Crippen LogP contribution in [0.2, 0.25) is 0 Å². The van der Waals surface area contributed by atoms with Gasteiger partial charge in [-0.25, -0.2) is 0 Å². The number of rotatable bonds is 4. The van der Waals surface area contributed by atoms with Crippen LogP contribution in [0.4, 0.5) is 5.69 Å². The molecule has 0 amide bonds. The fourth-order valence-corrected chi connectivity index (χ4v) is 2.79. The number of anilines is 1. The fraction of sp³-hybridized carbons (Fsp3) is 0.375. The lowest BCUT2D eigenvalue weighted by Gasteiger charge is -2.38. The zero-order chi connectivity index (χ0) is 14.2. The zero-order valence-corrected chi connectivity index (χ0v) is 11.5. The third-order valence-electron chi connectivity index (χ3n) is 4.23. The van der Waals surface area contributed by atoms with Gasteiger partial charge in [0.25, 0.3) is 0 Å². The maximum absolute atomic E-state index is 11.4. The van der Waals surface area contributed by atoms with Crippen LogP contribution in [0.5, 0.6) is 0 Å². The van der Waals surface area contributed by atoms with Crippen LogP contribution in [0, 0.1) is 12.3 Å². The molecule has 1 aliphatic carbocycles. The normalized spacial score (nSPS) is 16.6. The summed E-state index contributed by atoms with van der Waals surface area (Å²) in [5.74, 6) is -0.689. The number of aliphatic carboxylic acids is 1. The van der Waals surface area contributed by atoms with E-state index >= 15 is 0 Å². The van der Waals surface area contributed by atoms with Gasteiger partial charge in [0.1, 0.15) is 0 Å². The maximum Gasteiger partial charge on any atom is 0.311 e. The van der Waals surface area contributed by atoms with E-state index in [1.807, 2.05) is 37.3 Å². The van der Waals surface area contributed by atoms with Gasteiger partial charge in [-0.15, -0.1) is 0 Å². The number of benzene rings is 1. The highest BCUT2D eigenvalue weighted by atomic mass is 16.4. The summed E-state index contributed by atoms with van der Waals surface area (Å²) in [6.07, 6.45) is 2.53. The predicted octanol–water partition coefficient (Wildman–Crippen LogP) is 3.21. The minimum Gasteiger partial charge on any atom is -0.481 e. The van der Waals surface area contributed by atoms with Gasteiger partial charge in [0.05, 0.1) is 10.9 Å². The van der Waals surface area contributed by atoms with Crippen molar-refractivity contribution in [1.82, 2.24) is 4.98 Å². The van der Waals surface area contributed by atoms with Crippen LogP contribution >= 0.6 is 0 Å². The summed E-state index contributed by atoms with van der Waals surface area (Å²) in [7, 11) is 0. The van der Waals surface area contributed by atoms with Crippen molar-refractivity contribution in [3.63, 3.8) is 0 Å². The van der Waals surface area contributed by atoms with Gasteiger partial charge in [0.2, 0.25) is 0 Å². The van der Waals surface area contributed by atoms with E-state index < -0.39 is 11.4 Å². The van der Waals surface area contributed by atoms with E-state index in [0.717, 1.165) is 41.5 Å². The van der Waals surface area contributed by atoms with E-state index in [9.17, 15) is 9.90 Å². The average molecular weight is 270 g/mol. The monoisotopic (exact) mass is 270 g/mol. The first-order chi connectivity index (χ1) is 9.61. The Labute approximate surface area is 117 Å². The van der Waals surface area contributed by atoms with E-state index in [2.05, 4.69) is 10.3 Å². The van der Waals surface area contributed by atoms with Crippen LogP contribution < -0.4 is 5.32 Å². The third-order valence-corrected chi connectivity index (χ3v) is 4.23. The van der Waals surface area contributed by atoms with Crippen LogP contribution in [-0.4, -0.2) is 22.6 Å². The van der Waals surface area contributed by atoms with Gasteiger partial charge < -0.3 is 10.4 Å². The number of hydrogen-bond acceptors (Lipinski definition) is 3. The van der Waals surface area contributed by atoms with Crippen LogP contribution in [0.25, 0.3) is 10.9 Å². The molecule has 2 aromatic rings. The highest BCUT2D eigenvalue weighted by Gasteiger charge is 2.44. The number of nitrogens with one attached hydrogen (secondary N) is 1. The Balaban J connectivity index is 1.89. The minimum absolute atomic E-state index is 0.482. The van der Waals surface area contributed by atoms with Gasteiger partial charge in [-0.2, -0.15) is 0 Å². The van der Waals surface area contributed by atoms with Gasteiger partial charge in [0.15, 0.2) is 0 Å². The first-order valence-corrected chi connectivity index (χ1v) is 6.94. The molecule has 0 unspecified atom stereocenters. The second-order valence-corrected chi connectivity index (χ2v) is 5.62. The van der Waals surface area contributed by atoms with E-state index in [0.29, 0.717) is 6.54 Å². The molecule has 0 spiro atoms. The molecule has 1 saturated carbocycles. The molecule has 0 radical (unpaired) electrons. The van der Waals surface area contributed by atoms with Crippen molar-refractivity contribution in [3.05, 3.63) is 36.0 Å². The van der Waals surface area contributed by atoms with Crippen molar-refractivity contribution in [2.45, 2.75) is 26.2 Å². The molecule has 4 heteroatoms. The second kappa shape index (κ2) is 4.78. The smallest absolute Gasteiger partial charge is 0.311 e. The van der Waals surface area contributed by atoms with Crippen molar-refractivity contribution in [3.8, 4) is 0 Å². The summed E-state index contributed by atoms with van der Waals surface area (Å²) in [5, 5.41) is 13.7. The molecule has 0 aliphatic heterocycles. The van der Waals surface area contributed by atoms with E-state index in [1.165, 1.54) is 0 Å².